The molecule has 0 aliphatic rings. The van der Waals surface area contributed by atoms with Crippen LogP contribution in [0.15, 0.2) is 18.2 Å². The average molecular weight is 324 g/mol. The summed E-state index contributed by atoms with van der Waals surface area (Å²) < 4.78 is 15.2. The Kier molecular flexibility index (Phi) is 5.64. The van der Waals surface area contributed by atoms with Gasteiger partial charge >= 0.3 is 12.1 Å². The molecule has 0 saturated carbocycles. The SMILES string of the molecule is CCC(C)(C)C(=O)Oc1ccc(O)c(OC(=O)OC(C)(C)C)c1. The van der Waals surface area contributed by atoms with Crippen molar-refractivity contribution in [2.24, 2.45) is 5.41 Å². The van der Waals surface area contributed by atoms with Gasteiger partial charge in [-0.25, -0.2) is 4.79 Å². The molecule has 0 aliphatic carbocycles. The predicted octanol–water partition coefficient (Wildman–Crippen LogP) is 4.05. The third-order valence-electron chi connectivity index (χ3n) is 3.16. The lowest BCUT2D eigenvalue weighted by atomic mass is 9.91. The quantitative estimate of drug-likeness (QED) is 0.511. The van der Waals surface area contributed by atoms with E-state index >= 15 is 0 Å². The fourth-order valence-electron chi connectivity index (χ4n) is 1.39. The number of benzene rings is 1. The molecule has 1 aromatic carbocycles. The van der Waals surface area contributed by atoms with Crippen molar-refractivity contribution in [1.82, 2.24) is 0 Å². The van der Waals surface area contributed by atoms with Gasteiger partial charge in [-0.05, 0) is 53.2 Å². The van der Waals surface area contributed by atoms with Gasteiger partial charge < -0.3 is 19.3 Å². The van der Waals surface area contributed by atoms with Crippen molar-refractivity contribution in [2.75, 3.05) is 0 Å². The van der Waals surface area contributed by atoms with Gasteiger partial charge in [0.05, 0.1) is 5.41 Å². The first-order valence-corrected chi connectivity index (χ1v) is 7.41. The van der Waals surface area contributed by atoms with E-state index in [-0.39, 0.29) is 17.2 Å². The normalized spacial score (nSPS) is 11.7. The molecule has 6 heteroatoms. The highest BCUT2D eigenvalue weighted by molar-refractivity contribution is 5.78. The topological polar surface area (TPSA) is 82.1 Å². The smallest absolute Gasteiger partial charge is 0.504 e. The highest BCUT2D eigenvalue weighted by Gasteiger charge is 2.28. The third-order valence-corrected chi connectivity index (χ3v) is 3.16. The number of esters is 1. The zero-order chi connectivity index (χ0) is 17.8. The van der Waals surface area contributed by atoms with Crippen molar-refractivity contribution in [3.8, 4) is 17.2 Å². The molecule has 0 atom stereocenters. The Hall–Kier alpha value is -2.24. The lowest BCUT2D eigenvalue weighted by Gasteiger charge is -2.21. The molecule has 0 amide bonds. The molecule has 0 aliphatic heterocycles. The molecule has 0 aromatic heterocycles. The summed E-state index contributed by atoms with van der Waals surface area (Å²) in [5, 5.41) is 9.75. The highest BCUT2D eigenvalue weighted by Crippen LogP contribution is 2.32. The number of carbonyl (C=O) groups is 2. The Labute approximate surface area is 136 Å². The minimum Gasteiger partial charge on any atom is -0.504 e. The van der Waals surface area contributed by atoms with Gasteiger partial charge in [0.25, 0.3) is 0 Å². The molecule has 6 nitrogen and oxygen atoms in total. The van der Waals surface area contributed by atoms with Crippen molar-refractivity contribution < 1.29 is 28.9 Å². The van der Waals surface area contributed by atoms with Crippen LogP contribution in [0.25, 0.3) is 0 Å². The van der Waals surface area contributed by atoms with Gasteiger partial charge in [-0.2, -0.15) is 0 Å². The molecule has 128 valence electrons. The van der Waals surface area contributed by atoms with E-state index in [1.165, 1.54) is 18.2 Å². The summed E-state index contributed by atoms with van der Waals surface area (Å²) in [4.78, 5) is 23.7. The van der Waals surface area contributed by atoms with Crippen LogP contribution in [0.2, 0.25) is 0 Å². The zero-order valence-corrected chi connectivity index (χ0v) is 14.4. The van der Waals surface area contributed by atoms with Gasteiger partial charge in [-0.15, -0.1) is 0 Å². The van der Waals surface area contributed by atoms with Gasteiger partial charge in [0.2, 0.25) is 0 Å². The predicted molar refractivity (Wildman–Crippen MR) is 84.7 cm³/mol. The van der Waals surface area contributed by atoms with E-state index in [4.69, 9.17) is 14.2 Å². The Morgan fingerprint density at radius 2 is 1.70 bits per heavy atom. The summed E-state index contributed by atoms with van der Waals surface area (Å²) in [6.07, 6.45) is -0.337. The molecular formula is C17H24O6. The number of phenols is 1. The Balaban J connectivity index is 2.88. The number of phenolic OH excluding ortho intramolecular Hbond substituents is 1. The molecule has 1 N–H and O–H groups in total. The minimum absolute atomic E-state index is 0.140. The summed E-state index contributed by atoms with van der Waals surface area (Å²) in [7, 11) is 0. The number of rotatable bonds is 4. The van der Waals surface area contributed by atoms with E-state index in [0.29, 0.717) is 6.42 Å². The van der Waals surface area contributed by atoms with Crippen LogP contribution >= 0.6 is 0 Å². The fourth-order valence-corrected chi connectivity index (χ4v) is 1.39. The number of hydrogen-bond acceptors (Lipinski definition) is 6. The number of ether oxygens (including phenoxy) is 3. The molecule has 0 fully saturated rings. The van der Waals surface area contributed by atoms with Gasteiger partial charge in [0, 0.05) is 6.07 Å². The van der Waals surface area contributed by atoms with Crippen LogP contribution in [-0.2, 0) is 9.53 Å². The van der Waals surface area contributed by atoms with Crippen LogP contribution in [-0.4, -0.2) is 22.8 Å². The van der Waals surface area contributed by atoms with E-state index in [9.17, 15) is 14.7 Å². The molecule has 0 unspecified atom stereocenters. The zero-order valence-electron chi connectivity index (χ0n) is 14.4. The number of aromatic hydroxyl groups is 1. The maximum Gasteiger partial charge on any atom is 0.514 e. The molecule has 0 saturated heterocycles. The van der Waals surface area contributed by atoms with Gasteiger partial charge in [-0.3, -0.25) is 4.79 Å². The third kappa shape index (κ3) is 5.81. The van der Waals surface area contributed by atoms with E-state index < -0.39 is 23.1 Å². The summed E-state index contributed by atoms with van der Waals surface area (Å²) in [5.41, 5.74) is -1.36. The van der Waals surface area contributed by atoms with E-state index in [1.54, 1.807) is 34.6 Å². The van der Waals surface area contributed by atoms with Gasteiger partial charge in [0.1, 0.15) is 11.4 Å². The fraction of sp³-hybridized carbons (Fsp3) is 0.529. The summed E-state index contributed by atoms with van der Waals surface area (Å²) in [5.74, 6) is -0.633. The molecule has 23 heavy (non-hydrogen) atoms. The van der Waals surface area contributed by atoms with Crippen LogP contribution in [0.3, 0.4) is 0 Å². The largest absolute Gasteiger partial charge is 0.514 e. The van der Waals surface area contributed by atoms with Crippen LogP contribution in [0.4, 0.5) is 4.79 Å². The summed E-state index contributed by atoms with van der Waals surface area (Å²) >= 11 is 0. The van der Waals surface area contributed by atoms with Crippen LogP contribution < -0.4 is 9.47 Å². The molecule has 1 aromatic rings. The first-order valence-electron chi connectivity index (χ1n) is 7.41. The number of hydrogen-bond donors (Lipinski definition) is 1. The minimum atomic E-state index is -0.954. The molecule has 1 rings (SSSR count). The Morgan fingerprint density at radius 1 is 1.09 bits per heavy atom. The molecule has 0 bridgehead atoms. The van der Waals surface area contributed by atoms with Crippen LogP contribution in [0.5, 0.6) is 17.2 Å². The summed E-state index contributed by atoms with van der Waals surface area (Å²) in [6, 6.07) is 3.96. The van der Waals surface area contributed by atoms with E-state index in [2.05, 4.69) is 0 Å². The van der Waals surface area contributed by atoms with E-state index in [0.717, 1.165) is 0 Å². The van der Waals surface area contributed by atoms with Crippen LogP contribution in [0.1, 0.15) is 48.0 Å². The van der Waals surface area contributed by atoms with E-state index in [1.807, 2.05) is 6.92 Å². The maximum absolute atomic E-state index is 12.1. The maximum atomic E-state index is 12.1. The molecule has 0 heterocycles. The van der Waals surface area contributed by atoms with Gasteiger partial charge in [0.15, 0.2) is 11.5 Å². The second-order valence-corrected chi connectivity index (χ2v) is 6.82. The first kappa shape index (κ1) is 18.8. The van der Waals surface area contributed by atoms with Crippen molar-refractivity contribution in [1.29, 1.82) is 0 Å². The lowest BCUT2D eigenvalue weighted by molar-refractivity contribution is -0.144. The van der Waals surface area contributed by atoms with Crippen molar-refractivity contribution in [2.45, 2.75) is 53.6 Å². The van der Waals surface area contributed by atoms with Crippen molar-refractivity contribution >= 4 is 12.1 Å². The lowest BCUT2D eigenvalue weighted by Crippen LogP contribution is -2.28. The number of carbonyl (C=O) groups excluding carboxylic acids is 2. The second-order valence-electron chi connectivity index (χ2n) is 6.82. The second kappa shape index (κ2) is 6.89. The van der Waals surface area contributed by atoms with Gasteiger partial charge in [-0.1, -0.05) is 6.92 Å². The molecule has 0 spiro atoms. The average Bonchev–Trinajstić information content (AvgIpc) is 2.40. The van der Waals surface area contributed by atoms with Crippen molar-refractivity contribution in [3.63, 3.8) is 0 Å². The Bertz CT molecular complexity index is 583. The monoisotopic (exact) mass is 324 g/mol. The summed E-state index contributed by atoms with van der Waals surface area (Å²) in [6.45, 7) is 10.5. The van der Waals surface area contributed by atoms with Crippen LogP contribution in [0, 0.1) is 5.41 Å². The Morgan fingerprint density at radius 3 is 2.22 bits per heavy atom. The van der Waals surface area contributed by atoms with Crippen molar-refractivity contribution in [3.05, 3.63) is 18.2 Å². The molecular weight excluding hydrogens is 300 g/mol. The molecule has 0 radical (unpaired) electrons. The standard InChI is InChI=1S/C17H24O6/c1-7-17(5,6)14(19)21-11-8-9-12(18)13(10-11)22-15(20)23-16(2,3)4/h8-10,18H,7H2,1-6H3. The first-order chi connectivity index (χ1) is 10.4. The highest BCUT2D eigenvalue weighted by atomic mass is 16.7.